The average Bonchev–Trinajstić information content (AvgIpc) is 4.24. The molecule has 3 saturated heterocycles. The van der Waals surface area contributed by atoms with Gasteiger partial charge in [-0.2, -0.15) is 0 Å². The number of hydrogen-bond donors (Lipinski definition) is 14. The van der Waals surface area contributed by atoms with E-state index in [1.807, 2.05) is 0 Å². The number of likely N-dealkylation sites (tertiary alicyclic amines) is 3. The number of carboxylic acid groups (broad SMARTS) is 1. The number of guanidine groups is 3. The van der Waals surface area contributed by atoms with E-state index in [2.05, 4.69) is 41.6 Å². The Balaban J connectivity index is 1.88. The predicted molar refractivity (Wildman–Crippen MR) is 296 cm³/mol. The van der Waals surface area contributed by atoms with Crippen LogP contribution in [0.4, 0.5) is 0 Å². The minimum Gasteiger partial charge on any atom is -0.480 e. The van der Waals surface area contributed by atoms with Gasteiger partial charge in [0.05, 0.1) is 6.04 Å². The molecule has 29 heteroatoms. The number of nitrogens with two attached hydrogens (primary N) is 8. The Morgan fingerprint density at radius 3 is 1.30 bits per heavy atom. The van der Waals surface area contributed by atoms with Gasteiger partial charge in [0, 0.05) is 39.3 Å². The number of unbranched alkanes of at least 4 members (excludes halogenated alkanes) is 1. The molecule has 3 aliphatic rings. The Hall–Kier alpha value is -7.04. The highest BCUT2D eigenvalue weighted by Gasteiger charge is 2.43. The van der Waals surface area contributed by atoms with Gasteiger partial charge in [0.1, 0.15) is 48.3 Å². The molecule has 0 aromatic heterocycles. The molecule has 3 aliphatic heterocycles. The fraction of sp³-hybridized carbons (Fsp3) is 0.760. The lowest BCUT2D eigenvalue weighted by atomic mass is 9.98. The van der Waals surface area contributed by atoms with Crippen LogP contribution in [-0.2, 0) is 43.2 Å². The first kappa shape index (κ1) is 66.2. The zero-order chi connectivity index (χ0) is 58.9. The second-order valence-electron chi connectivity index (χ2n) is 20.9. The molecule has 3 fully saturated rings. The first-order chi connectivity index (χ1) is 37.4. The van der Waals surface area contributed by atoms with E-state index in [9.17, 15) is 48.3 Å². The summed E-state index contributed by atoms with van der Waals surface area (Å²) < 4.78 is 0. The van der Waals surface area contributed by atoms with E-state index >= 15 is 0 Å². The quantitative estimate of drug-likeness (QED) is 0.0168. The van der Waals surface area contributed by atoms with E-state index in [1.165, 1.54) is 14.7 Å². The number of hydrogen-bond acceptors (Lipinski definition) is 14. The van der Waals surface area contributed by atoms with Crippen molar-refractivity contribution in [3.05, 3.63) is 0 Å². The topological polar surface area (TPSA) is 489 Å². The Morgan fingerprint density at radius 1 is 0.519 bits per heavy atom. The second-order valence-corrected chi connectivity index (χ2v) is 20.9. The summed E-state index contributed by atoms with van der Waals surface area (Å²) in [6.07, 6.45) is 5.03. The van der Waals surface area contributed by atoms with Gasteiger partial charge in [-0.25, -0.2) is 4.79 Å². The summed E-state index contributed by atoms with van der Waals surface area (Å²) in [5.74, 6) is -7.68. The normalized spacial score (nSPS) is 19.6. The van der Waals surface area contributed by atoms with Crippen molar-refractivity contribution < 1.29 is 48.3 Å². The van der Waals surface area contributed by atoms with Gasteiger partial charge in [-0.15, -0.1) is 0 Å². The van der Waals surface area contributed by atoms with Crippen molar-refractivity contribution in [1.82, 2.24) is 41.3 Å². The molecule has 446 valence electrons. The molecule has 0 aliphatic carbocycles. The molecule has 0 spiro atoms. The van der Waals surface area contributed by atoms with Crippen LogP contribution < -0.4 is 72.5 Å². The number of amides is 8. The smallest absolute Gasteiger partial charge is 0.326 e. The summed E-state index contributed by atoms with van der Waals surface area (Å²) in [5, 5.41) is 23.6. The van der Waals surface area contributed by atoms with Crippen molar-refractivity contribution in [3.8, 4) is 0 Å². The highest BCUT2D eigenvalue weighted by molar-refractivity contribution is 5.98. The predicted octanol–water partition coefficient (Wildman–Crippen LogP) is -4.21. The third kappa shape index (κ3) is 20.9. The number of carbonyl (C=O) groups is 9. The summed E-state index contributed by atoms with van der Waals surface area (Å²) in [6.45, 7) is 8.18. The zero-order valence-electron chi connectivity index (χ0n) is 46.5. The van der Waals surface area contributed by atoms with Crippen molar-refractivity contribution in [1.29, 1.82) is 0 Å². The molecule has 0 radical (unpaired) electrons. The van der Waals surface area contributed by atoms with Gasteiger partial charge in [0.2, 0.25) is 47.3 Å². The standard InChI is InChI=1S/C50H91N19O10/c1-5-29(4)38(47(78)79)66-42(73)36-20-13-27-69(36)46(77)33(17-10-24-61-50(57)58)64-43(74)37(28(2)3)65-41(72)35-19-12-26-68(35)45(76)32(16-9-23-60-49(55)56)63-39(70)31(15-8-22-59-48(53)54)62-40(71)34-18-11-25-67(34)44(75)30(52)14-6-7-21-51/h28-38H,5-27,51-52H2,1-4H3,(H,62,71)(H,63,70)(H,64,74)(H,65,72)(H,66,73)(H,78,79)(H4,53,54,59)(H4,55,56,60)(H4,57,58,61)/t29-,30-,31-,32-,33-,34-,35-,36-,37-,38-/m0/s1. The van der Waals surface area contributed by atoms with Crippen LogP contribution in [0, 0.1) is 11.8 Å². The van der Waals surface area contributed by atoms with Gasteiger partial charge in [0.25, 0.3) is 0 Å². The molecule has 29 nitrogen and oxygen atoms in total. The molecular weight excluding hydrogens is 1030 g/mol. The molecule has 0 aromatic rings. The molecule has 0 unspecified atom stereocenters. The summed E-state index contributed by atoms with van der Waals surface area (Å²) in [7, 11) is 0. The number of aliphatic carboxylic acids is 1. The Kier molecular flexibility index (Phi) is 28.0. The number of carboxylic acids is 1. The van der Waals surface area contributed by atoms with Gasteiger partial charge in [-0.1, -0.05) is 40.5 Å². The molecule has 10 atom stereocenters. The SMILES string of the molecule is CC[C@H](C)[C@H](NC(=O)[C@@H]1CCCN1C(=O)[C@H](CCCN=C(N)N)NC(=O)[C@@H](NC(=O)[C@@H]1CCCN1C(=O)[C@H](CCCN=C(N)N)NC(=O)[C@H](CCCN=C(N)N)NC(=O)[C@@H]1CCCN1C(=O)[C@@H](N)CCCCN)C(C)C)C(=O)O. The first-order valence-corrected chi connectivity index (χ1v) is 27.7. The molecule has 0 saturated carbocycles. The first-order valence-electron chi connectivity index (χ1n) is 27.7. The summed E-state index contributed by atoms with van der Waals surface area (Å²) >= 11 is 0. The maximum absolute atomic E-state index is 14.7. The Labute approximate surface area is 462 Å². The summed E-state index contributed by atoms with van der Waals surface area (Å²) in [5.41, 5.74) is 45.2. The van der Waals surface area contributed by atoms with E-state index in [0.29, 0.717) is 64.5 Å². The largest absolute Gasteiger partial charge is 0.480 e. The molecule has 3 rings (SSSR count). The molecule has 0 aromatic carbocycles. The van der Waals surface area contributed by atoms with Gasteiger partial charge < -0.3 is 92.3 Å². The number of rotatable bonds is 33. The van der Waals surface area contributed by atoms with Gasteiger partial charge >= 0.3 is 5.97 Å². The van der Waals surface area contributed by atoms with Crippen molar-refractivity contribution >= 4 is 71.1 Å². The minimum atomic E-state index is -1.26. The molecule has 8 amide bonds. The molecule has 79 heavy (non-hydrogen) atoms. The van der Waals surface area contributed by atoms with Crippen molar-refractivity contribution in [2.75, 3.05) is 45.8 Å². The van der Waals surface area contributed by atoms with Crippen molar-refractivity contribution in [3.63, 3.8) is 0 Å². The fourth-order valence-corrected chi connectivity index (χ4v) is 9.97. The van der Waals surface area contributed by atoms with Gasteiger partial charge in [0.15, 0.2) is 17.9 Å². The fourth-order valence-electron chi connectivity index (χ4n) is 9.97. The zero-order valence-corrected chi connectivity index (χ0v) is 46.5. The Morgan fingerprint density at radius 2 is 0.911 bits per heavy atom. The number of carbonyl (C=O) groups excluding carboxylic acids is 8. The average molecular weight is 1120 g/mol. The lowest BCUT2D eigenvalue weighted by Gasteiger charge is -2.33. The van der Waals surface area contributed by atoms with Gasteiger partial charge in [-0.3, -0.25) is 53.3 Å². The van der Waals surface area contributed by atoms with Crippen LogP contribution in [0.1, 0.15) is 130 Å². The highest BCUT2D eigenvalue weighted by atomic mass is 16.4. The monoisotopic (exact) mass is 1120 g/mol. The molecule has 3 heterocycles. The minimum absolute atomic E-state index is 0.000964. The van der Waals surface area contributed by atoms with Crippen LogP contribution in [0.2, 0.25) is 0 Å². The summed E-state index contributed by atoms with van der Waals surface area (Å²) in [6, 6.07) is -10.0. The Bertz CT molecular complexity index is 2170. The van der Waals surface area contributed by atoms with Crippen LogP contribution in [0.15, 0.2) is 15.0 Å². The van der Waals surface area contributed by atoms with Crippen LogP contribution in [0.5, 0.6) is 0 Å². The molecular formula is C50H91N19O10. The molecule has 22 N–H and O–H groups in total. The van der Waals surface area contributed by atoms with E-state index in [1.54, 1.807) is 27.7 Å². The van der Waals surface area contributed by atoms with E-state index in [4.69, 9.17) is 45.9 Å². The van der Waals surface area contributed by atoms with Crippen LogP contribution >= 0.6 is 0 Å². The van der Waals surface area contributed by atoms with E-state index in [0.717, 1.165) is 0 Å². The maximum atomic E-state index is 14.7. The van der Waals surface area contributed by atoms with Crippen LogP contribution in [0.3, 0.4) is 0 Å². The summed E-state index contributed by atoms with van der Waals surface area (Å²) in [4.78, 5) is 141. The van der Waals surface area contributed by atoms with Crippen molar-refractivity contribution in [2.45, 2.75) is 185 Å². The lowest BCUT2D eigenvalue weighted by Crippen LogP contribution is -2.60. The number of nitrogens with one attached hydrogen (secondary N) is 5. The van der Waals surface area contributed by atoms with Crippen LogP contribution in [0.25, 0.3) is 0 Å². The van der Waals surface area contributed by atoms with Crippen LogP contribution in [-0.4, -0.2) is 191 Å². The third-order valence-electron chi connectivity index (χ3n) is 14.5. The molecule has 0 bridgehead atoms. The number of nitrogens with zero attached hydrogens (tertiary/aromatic N) is 6. The number of aliphatic imine (C=N–C) groups is 3. The van der Waals surface area contributed by atoms with Crippen molar-refractivity contribution in [2.24, 2.45) is 72.7 Å². The van der Waals surface area contributed by atoms with E-state index < -0.39 is 114 Å². The third-order valence-corrected chi connectivity index (χ3v) is 14.5. The lowest BCUT2D eigenvalue weighted by molar-refractivity contribution is -0.146. The highest BCUT2D eigenvalue weighted by Crippen LogP contribution is 2.24. The van der Waals surface area contributed by atoms with Gasteiger partial charge in [-0.05, 0) is 108 Å². The maximum Gasteiger partial charge on any atom is 0.326 e. The second kappa shape index (κ2) is 33.4. The van der Waals surface area contributed by atoms with E-state index in [-0.39, 0.29) is 108 Å².